The Morgan fingerprint density at radius 2 is 1.93 bits per heavy atom. The number of ether oxygens (including phenoxy) is 1. The van der Waals surface area contributed by atoms with Crippen molar-refractivity contribution in [3.63, 3.8) is 0 Å². The maximum Gasteiger partial charge on any atom is 0.302 e. The van der Waals surface area contributed by atoms with Gasteiger partial charge in [-0.1, -0.05) is 6.92 Å². The van der Waals surface area contributed by atoms with Crippen LogP contribution in [-0.2, 0) is 14.3 Å². The van der Waals surface area contributed by atoms with Crippen LogP contribution in [-0.4, -0.2) is 24.0 Å². The average Bonchev–Trinajstić information content (AvgIpc) is 2.08. The monoisotopic (exact) mass is 213 g/mol. The lowest BCUT2D eigenvalue weighted by atomic mass is 9.84. The van der Waals surface area contributed by atoms with Gasteiger partial charge in [0, 0.05) is 19.9 Å². The van der Waals surface area contributed by atoms with E-state index in [1.165, 1.54) is 13.8 Å². The molecule has 0 aromatic carbocycles. The summed E-state index contributed by atoms with van der Waals surface area (Å²) < 4.78 is 5.21. The van der Waals surface area contributed by atoms with Gasteiger partial charge in [-0.2, -0.15) is 0 Å². The normalized spacial score (nSPS) is 30.7. The third kappa shape index (κ3) is 3.90. The number of nitrogens with one attached hydrogen (secondary N) is 1. The van der Waals surface area contributed by atoms with Gasteiger partial charge in [-0.25, -0.2) is 0 Å². The van der Waals surface area contributed by atoms with Gasteiger partial charge in [0.25, 0.3) is 0 Å². The molecular weight excluding hydrogens is 194 g/mol. The molecule has 15 heavy (non-hydrogen) atoms. The van der Waals surface area contributed by atoms with Crippen molar-refractivity contribution in [3.05, 3.63) is 0 Å². The quantitative estimate of drug-likeness (QED) is 0.702. The van der Waals surface area contributed by atoms with E-state index >= 15 is 0 Å². The van der Waals surface area contributed by atoms with Crippen LogP contribution in [0.2, 0.25) is 0 Å². The minimum atomic E-state index is -0.218. The first-order valence-electron chi connectivity index (χ1n) is 5.43. The number of hydrogen-bond donors (Lipinski definition) is 1. The molecule has 0 aromatic heterocycles. The van der Waals surface area contributed by atoms with Gasteiger partial charge in [0.2, 0.25) is 5.91 Å². The molecule has 1 aliphatic rings. The number of carbonyl (C=O) groups is 2. The number of rotatable bonds is 2. The van der Waals surface area contributed by atoms with Crippen LogP contribution >= 0.6 is 0 Å². The molecule has 86 valence electrons. The molecule has 0 aromatic rings. The Morgan fingerprint density at radius 3 is 2.40 bits per heavy atom. The van der Waals surface area contributed by atoms with E-state index in [0.717, 1.165) is 19.3 Å². The smallest absolute Gasteiger partial charge is 0.302 e. The highest BCUT2D eigenvalue weighted by Gasteiger charge is 2.29. The molecule has 0 spiro atoms. The lowest BCUT2D eigenvalue weighted by Crippen LogP contribution is -2.42. The first-order valence-corrected chi connectivity index (χ1v) is 5.43. The van der Waals surface area contributed by atoms with Crippen molar-refractivity contribution in [2.75, 3.05) is 0 Å². The van der Waals surface area contributed by atoms with Gasteiger partial charge in [-0.05, 0) is 25.2 Å². The molecule has 1 fully saturated rings. The molecule has 4 nitrogen and oxygen atoms in total. The van der Waals surface area contributed by atoms with E-state index in [1.807, 2.05) is 0 Å². The standard InChI is InChI=1S/C11H19NO3/c1-7-6-10(12-8(2)13)4-5-11(7)15-9(3)14/h7,10-11H,4-6H2,1-3H3,(H,12,13). The first-order chi connectivity index (χ1) is 6.99. The molecule has 0 saturated heterocycles. The van der Waals surface area contributed by atoms with Crippen LogP contribution in [0.4, 0.5) is 0 Å². The second kappa shape index (κ2) is 5.14. The van der Waals surface area contributed by atoms with Gasteiger partial charge < -0.3 is 10.1 Å². The molecule has 3 unspecified atom stereocenters. The number of amides is 1. The molecule has 4 heteroatoms. The highest BCUT2D eigenvalue weighted by atomic mass is 16.5. The van der Waals surface area contributed by atoms with Crippen molar-refractivity contribution in [1.29, 1.82) is 0 Å². The summed E-state index contributed by atoms with van der Waals surface area (Å²) in [7, 11) is 0. The Morgan fingerprint density at radius 1 is 1.27 bits per heavy atom. The minimum absolute atomic E-state index is 0.0122. The summed E-state index contributed by atoms with van der Waals surface area (Å²) in [5.74, 6) is 0.113. The molecular formula is C11H19NO3. The average molecular weight is 213 g/mol. The van der Waals surface area contributed by atoms with Crippen molar-refractivity contribution in [2.45, 2.75) is 52.2 Å². The second-order valence-corrected chi connectivity index (χ2v) is 4.34. The summed E-state index contributed by atoms with van der Waals surface area (Å²) in [5, 5.41) is 2.91. The van der Waals surface area contributed by atoms with Gasteiger partial charge in [-0.15, -0.1) is 0 Å². The topological polar surface area (TPSA) is 55.4 Å². The van der Waals surface area contributed by atoms with Crippen LogP contribution in [0, 0.1) is 5.92 Å². The summed E-state index contributed by atoms with van der Waals surface area (Å²) >= 11 is 0. The minimum Gasteiger partial charge on any atom is -0.462 e. The molecule has 1 N–H and O–H groups in total. The Hall–Kier alpha value is -1.06. The van der Waals surface area contributed by atoms with Crippen LogP contribution < -0.4 is 5.32 Å². The number of hydrogen-bond acceptors (Lipinski definition) is 3. The lowest BCUT2D eigenvalue weighted by Gasteiger charge is -2.33. The summed E-state index contributed by atoms with van der Waals surface area (Å²) in [5.41, 5.74) is 0. The lowest BCUT2D eigenvalue weighted by molar-refractivity contribution is -0.151. The molecule has 0 bridgehead atoms. The van der Waals surface area contributed by atoms with Crippen LogP contribution in [0.5, 0.6) is 0 Å². The van der Waals surface area contributed by atoms with Gasteiger partial charge in [0.15, 0.2) is 0 Å². The molecule has 0 heterocycles. The van der Waals surface area contributed by atoms with Crippen molar-refractivity contribution in [3.8, 4) is 0 Å². The Labute approximate surface area is 90.4 Å². The number of esters is 1. The highest BCUT2D eigenvalue weighted by Crippen LogP contribution is 2.26. The first kappa shape index (κ1) is 12.0. The Balaban J connectivity index is 2.40. The van der Waals surface area contributed by atoms with Crippen LogP contribution in [0.3, 0.4) is 0 Å². The summed E-state index contributed by atoms with van der Waals surface area (Å²) in [6, 6.07) is 0.240. The van der Waals surface area contributed by atoms with Crippen molar-refractivity contribution < 1.29 is 14.3 Å². The summed E-state index contributed by atoms with van der Waals surface area (Å²) in [6.45, 7) is 5.02. The molecule has 1 aliphatic carbocycles. The van der Waals surface area contributed by atoms with E-state index in [9.17, 15) is 9.59 Å². The summed E-state index contributed by atoms with van der Waals surface area (Å²) in [6.07, 6.45) is 2.64. The zero-order chi connectivity index (χ0) is 11.4. The van der Waals surface area contributed by atoms with Gasteiger partial charge in [0.1, 0.15) is 6.10 Å². The Bertz CT molecular complexity index is 252. The van der Waals surface area contributed by atoms with Crippen molar-refractivity contribution >= 4 is 11.9 Å². The largest absolute Gasteiger partial charge is 0.462 e. The van der Waals surface area contributed by atoms with E-state index in [1.54, 1.807) is 0 Å². The molecule has 1 rings (SSSR count). The predicted molar refractivity (Wildman–Crippen MR) is 56.2 cm³/mol. The maximum absolute atomic E-state index is 10.9. The fourth-order valence-corrected chi connectivity index (χ4v) is 2.18. The van der Waals surface area contributed by atoms with Crippen LogP contribution in [0.25, 0.3) is 0 Å². The summed E-state index contributed by atoms with van der Waals surface area (Å²) in [4.78, 5) is 21.7. The zero-order valence-corrected chi connectivity index (χ0v) is 9.58. The van der Waals surface area contributed by atoms with E-state index in [2.05, 4.69) is 12.2 Å². The fourth-order valence-electron chi connectivity index (χ4n) is 2.18. The van der Waals surface area contributed by atoms with E-state index in [-0.39, 0.29) is 24.0 Å². The molecule has 3 atom stereocenters. The zero-order valence-electron chi connectivity index (χ0n) is 9.58. The maximum atomic E-state index is 10.9. The Kier molecular flexibility index (Phi) is 4.12. The molecule has 0 radical (unpaired) electrons. The van der Waals surface area contributed by atoms with E-state index in [0.29, 0.717) is 5.92 Å². The van der Waals surface area contributed by atoms with Crippen LogP contribution in [0.15, 0.2) is 0 Å². The third-order valence-electron chi connectivity index (χ3n) is 2.82. The molecule has 1 saturated carbocycles. The van der Waals surface area contributed by atoms with Crippen LogP contribution in [0.1, 0.15) is 40.0 Å². The number of carbonyl (C=O) groups excluding carboxylic acids is 2. The fraction of sp³-hybridized carbons (Fsp3) is 0.818. The van der Waals surface area contributed by atoms with Crippen molar-refractivity contribution in [2.24, 2.45) is 5.92 Å². The van der Waals surface area contributed by atoms with Gasteiger partial charge in [0.05, 0.1) is 0 Å². The highest BCUT2D eigenvalue weighted by molar-refractivity contribution is 5.73. The second-order valence-electron chi connectivity index (χ2n) is 4.34. The molecule has 1 amide bonds. The SMILES string of the molecule is CC(=O)NC1CCC(OC(C)=O)C(C)C1. The van der Waals surface area contributed by atoms with E-state index < -0.39 is 0 Å². The van der Waals surface area contributed by atoms with Gasteiger partial charge in [-0.3, -0.25) is 9.59 Å². The van der Waals surface area contributed by atoms with Crippen molar-refractivity contribution in [1.82, 2.24) is 5.32 Å². The third-order valence-corrected chi connectivity index (χ3v) is 2.82. The van der Waals surface area contributed by atoms with Gasteiger partial charge >= 0.3 is 5.97 Å². The predicted octanol–water partition coefficient (Wildman–Crippen LogP) is 1.24. The van der Waals surface area contributed by atoms with E-state index in [4.69, 9.17) is 4.74 Å². The molecule has 0 aliphatic heterocycles.